The molecule has 0 radical (unpaired) electrons. The van der Waals surface area contributed by atoms with Crippen LogP contribution in [0.2, 0.25) is 0 Å². The van der Waals surface area contributed by atoms with E-state index in [1.54, 1.807) is 11.8 Å². The highest BCUT2D eigenvalue weighted by Gasteiger charge is 2.15. The maximum Gasteiger partial charge on any atom is 0.208 e. The zero-order chi connectivity index (χ0) is 10.7. The van der Waals surface area contributed by atoms with Gasteiger partial charge in [-0.05, 0) is 35.3 Å². The van der Waals surface area contributed by atoms with E-state index in [0.29, 0.717) is 11.6 Å². The third-order valence-corrected chi connectivity index (χ3v) is 4.25. The Kier molecular flexibility index (Phi) is 4.43. The Hall–Kier alpha value is -0.0400. The number of nitrogens with zero attached hydrogens (tertiary/aromatic N) is 2. The molecule has 0 aromatic carbocycles. The number of aryl methyl sites for hydroxylation is 1. The summed E-state index contributed by atoms with van der Waals surface area (Å²) in [6.45, 7) is 3.97. The minimum atomic E-state index is 0.116. The Morgan fingerprint density at radius 3 is 2.71 bits per heavy atom. The van der Waals surface area contributed by atoms with E-state index in [1.807, 2.05) is 25.5 Å². The van der Waals surface area contributed by atoms with Gasteiger partial charge in [-0.15, -0.1) is 0 Å². The van der Waals surface area contributed by atoms with Gasteiger partial charge in [0.1, 0.15) is 3.70 Å². The van der Waals surface area contributed by atoms with Crippen molar-refractivity contribution in [3.63, 3.8) is 0 Å². The number of thioether (sulfide) groups is 1. The van der Waals surface area contributed by atoms with Crippen molar-refractivity contribution in [1.82, 2.24) is 9.55 Å². The molecule has 0 atom stereocenters. The van der Waals surface area contributed by atoms with Gasteiger partial charge in [0.15, 0.2) is 5.82 Å². The first kappa shape index (κ1) is 12.0. The molecule has 1 aromatic rings. The molecular formula is C9H13IN2OS. The summed E-state index contributed by atoms with van der Waals surface area (Å²) >= 11 is 3.83. The van der Waals surface area contributed by atoms with Crippen LogP contribution in [0.4, 0.5) is 0 Å². The predicted molar refractivity (Wildman–Crippen MR) is 68.0 cm³/mol. The lowest BCUT2D eigenvalue weighted by atomic mass is 10.4. The summed E-state index contributed by atoms with van der Waals surface area (Å²) in [6, 6.07) is 0. The summed E-state index contributed by atoms with van der Waals surface area (Å²) in [5, 5.41) is 0. The summed E-state index contributed by atoms with van der Waals surface area (Å²) in [5.41, 5.74) is 0.929. The lowest BCUT2D eigenvalue weighted by molar-refractivity contribution is 0.101. The van der Waals surface area contributed by atoms with Gasteiger partial charge in [-0.1, -0.05) is 6.92 Å². The number of hydrogen-bond donors (Lipinski definition) is 0. The summed E-state index contributed by atoms with van der Waals surface area (Å²) in [4.78, 5) is 15.9. The van der Waals surface area contributed by atoms with Crippen LogP contribution < -0.4 is 0 Å². The zero-order valence-electron chi connectivity index (χ0n) is 8.50. The Labute approximate surface area is 102 Å². The number of rotatable bonds is 4. The van der Waals surface area contributed by atoms with Gasteiger partial charge < -0.3 is 4.57 Å². The second-order valence-corrected chi connectivity index (χ2v) is 5.23. The van der Waals surface area contributed by atoms with Crippen LogP contribution in [0.25, 0.3) is 0 Å². The molecule has 0 unspecified atom stereocenters. The summed E-state index contributed by atoms with van der Waals surface area (Å²) in [7, 11) is 1.88. The zero-order valence-corrected chi connectivity index (χ0v) is 11.5. The molecule has 0 amide bonds. The lowest BCUT2D eigenvalue weighted by Crippen LogP contribution is -2.10. The van der Waals surface area contributed by atoms with Crippen LogP contribution in [-0.2, 0) is 7.05 Å². The van der Waals surface area contributed by atoms with E-state index in [4.69, 9.17) is 0 Å². The standard InChI is InChI=1S/C9H13IN2OS/c1-4-14-5-7(13)9-11-6(2)8(10)12(9)3/h4-5H2,1-3H3. The first-order chi connectivity index (χ1) is 6.57. The summed E-state index contributed by atoms with van der Waals surface area (Å²) in [6.07, 6.45) is 0. The molecular weight excluding hydrogens is 311 g/mol. The largest absolute Gasteiger partial charge is 0.320 e. The molecule has 3 nitrogen and oxygen atoms in total. The maximum atomic E-state index is 11.7. The predicted octanol–water partition coefficient (Wildman–Crippen LogP) is 2.27. The fourth-order valence-electron chi connectivity index (χ4n) is 1.12. The molecule has 78 valence electrons. The lowest BCUT2D eigenvalue weighted by Gasteiger charge is -2.00. The number of imidazole rings is 1. The Balaban J connectivity index is 2.85. The van der Waals surface area contributed by atoms with Gasteiger partial charge in [0.2, 0.25) is 5.78 Å². The molecule has 14 heavy (non-hydrogen) atoms. The molecule has 0 fully saturated rings. The molecule has 0 aliphatic carbocycles. The first-order valence-electron chi connectivity index (χ1n) is 4.37. The topological polar surface area (TPSA) is 34.9 Å². The highest BCUT2D eigenvalue weighted by molar-refractivity contribution is 14.1. The average molecular weight is 324 g/mol. The number of Topliss-reactive ketones (excluding diaryl/α,β-unsaturated/α-hetero) is 1. The minimum absolute atomic E-state index is 0.116. The number of halogens is 1. The van der Waals surface area contributed by atoms with E-state index < -0.39 is 0 Å². The number of ketones is 1. The second kappa shape index (κ2) is 5.16. The fourth-order valence-corrected chi connectivity index (χ4v) is 1.99. The number of aromatic nitrogens is 2. The highest BCUT2D eigenvalue weighted by Crippen LogP contribution is 2.13. The normalized spacial score (nSPS) is 10.6. The van der Waals surface area contributed by atoms with E-state index in [9.17, 15) is 4.79 Å². The van der Waals surface area contributed by atoms with Gasteiger partial charge in [0, 0.05) is 7.05 Å². The summed E-state index contributed by atoms with van der Waals surface area (Å²) in [5.74, 6) is 2.18. The Morgan fingerprint density at radius 2 is 2.29 bits per heavy atom. The van der Waals surface area contributed by atoms with E-state index >= 15 is 0 Å². The van der Waals surface area contributed by atoms with E-state index in [0.717, 1.165) is 15.1 Å². The monoisotopic (exact) mass is 324 g/mol. The number of hydrogen-bond acceptors (Lipinski definition) is 3. The van der Waals surface area contributed by atoms with Crippen molar-refractivity contribution in [2.45, 2.75) is 13.8 Å². The van der Waals surface area contributed by atoms with Crippen LogP contribution in [0.5, 0.6) is 0 Å². The molecule has 0 spiro atoms. The van der Waals surface area contributed by atoms with Crippen LogP contribution >= 0.6 is 34.4 Å². The molecule has 0 aliphatic heterocycles. The van der Waals surface area contributed by atoms with Crippen molar-refractivity contribution in [2.75, 3.05) is 11.5 Å². The molecule has 1 heterocycles. The second-order valence-electron chi connectivity index (χ2n) is 2.93. The maximum absolute atomic E-state index is 11.7. The van der Waals surface area contributed by atoms with Gasteiger partial charge in [0.25, 0.3) is 0 Å². The van der Waals surface area contributed by atoms with Crippen LogP contribution in [0.3, 0.4) is 0 Å². The number of carbonyl (C=O) groups is 1. The Morgan fingerprint density at radius 1 is 1.64 bits per heavy atom. The van der Waals surface area contributed by atoms with Crippen molar-refractivity contribution >= 4 is 40.1 Å². The van der Waals surface area contributed by atoms with Gasteiger partial charge in [0.05, 0.1) is 11.4 Å². The first-order valence-corrected chi connectivity index (χ1v) is 6.61. The Bertz CT molecular complexity index is 349. The molecule has 0 saturated carbocycles. The van der Waals surface area contributed by atoms with Crippen molar-refractivity contribution in [3.8, 4) is 0 Å². The molecule has 1 rings (SSSR count). The summed E-state index contributed by atoms with van der Waals surface area (Å²) < 4.78 is 2.89. The van der Waals surface area contributed by atoms with Gasteiger partial charge >= 0.3 is 0 Å². The van der Waals surface area contributed by atoms with Crippen molar-refractivity contribution in [1.29, 1.82) is 0 Å². The van der Waals surface area contributed by atoms with Crippen molar-refractivity contribution in [3.05, 3.63) is 15.2 Å². The van der Waals surface area contributed by atoms with E-state index in [-0.39, 0.29) is 5.78 Å². The third kappa shape index (κ3) is 2.50. The fraction of sp³-hybridized carbons (Fsp3) is 0.556. The van der Waals surface area contributed by atoms with Crippen molar-refractivity contribution < 1.29 is 4.79 Å². The van der Waals surface area contributed by atoms with Crippen LogP contribution in [0.15, 0.2) is 0 Å². The average Bonchev–Trinajstić information content (AvgIpc) is 2.42. The van der Waals surface area contributed by atoms with Crippen LogP contribution in [-0.4, -0.2) is 26.8 Å². The molecule has 1 aromatic heterocycles. The smallest absolute Gasteiger partial charge is 0.208 e. The molecule has 0 saturated heterocycles. The number of carbonyl (C=O) groups excluding carboxylic acids is 1. The van der Waals surface area contributed by atoms with Crippen LogP contribution in [0.1, 0.15) is 23.2 Å². The molecule has 0 bridgehead atoms. The molecule has 5 heteroatoms. The van der Waals surface area contributed by atoms with E-state index in [2.05, 4.69) is 27.6 Å². The molecule has 0 aliphatic rings. The van der Waals surface area contributed by atoms with Gasteiger partial charge in [-0.3, -0.25) is 4.79 Å². The van der Waals surface area contributed by atoms with Gasteiger partial charge in [-0.2, -0.15) is 11.8 Å². The van der Waals surface area contributed by atoms with Crippen molar-refractivity contribution in [2.24, 2.45) is 7.05 Å². The third-order valence-electron chi connectivity index (χ3n) is 1.87. The molecule has 0 N–H and O–H groups in total. The SMILES string of the molecule is CCSCC(=O)c1nc(C)c(I)n1C. The van der Waals surface area contributed by atoms with E-state index in [1.165, 1.54) is 0 Å². The van der Waals surface area contributed by atoms with Gasteiger partial charge in [-0.25, -0.2) is 4.98 Å². The minimum Gasteiger partial charge on any atom is -0.320 e. The highest BCUT2D eigenvalue weighted by atomic mass is 127. The van der Waals surface area contributed by atoms with Crippen LogP contribution in [0, 0.1) is 10.6 Å². The quantitative estimate of drug-likeness (QED) is 0.629.